The van der Waals surface area contributed by atoms with Crippen LogP contribution < -0.4 is 16.0 Å². The van der Waals surface area contributed by atoms with E-state index in [-0.39, 0.29) is 11.9 Å². The number of nitrogens with one attached hydrogen (secondary N) is 1. The van der Waals surface area contributed by atoms with Crippen LogP contribution in [0, 0.1) is 5.92 Å². The fraction of sp³-hybridized carbons (Fsp3) is 0.533. The van der Waals surface area contributed by atoms with Gasteiger partial charge in [-0.05, 0) is 36.7 Å². The number of hydrogen-bond acceptors (Lipinski definition) is 3. The Balaban J connectivity index is 2.23. The normalized spacial score (nSPS) is 17.5. The molecule has 1 aromatic rings. The van der Waals surface area contributed by atoms with Crippen molar-refractivity contribution in [2.45, 2.75) is 25.8 Å². The molecule has 0 saturated carbocycles. The number of carbonyl (C=O) groups excluding carboxylic acids is 1. The number of rotatable bonds is 5. The minimum atomic E-state index is 0.0174. The van der Waals surface area contributed by atoms with Crippen LogP contribution in [0.5, 0.6) is 0 Å². The van der Waals surface area contributed by atoms with Crippen LogP contribution in [0.1, 0.15) is 30.5 Å². The molecule has 2 rings (SSSR count). The van der Waals surface area contributed by atoms with Gasteiger partial charge in [0.1, 0.15) is 0 Å². The molecule has 2 unspecified atom stereocenters. The summed E-state index contributed by atoms with van der Waals surface area (Å²) in [5.74, 6) is 0.570. The molecule has 1 aliphatic heterocycles. The number of likely N-dealkylation sites (N-methyl/N-ethyl adjacent to an activating group) is 1. The van der Waals surface area contributed by atoms with Gasteiger partial charge in [-0.15, -0.1) is 0 Å². The molecule has 4 heteroatoms. The van der Waals surface area contributed by atoms with Crippen LogP contribution in [0.4, 0.5) is 5.69 Å². The molecule has 1 aliphatic rings. The smallest absolute Gasteiger partial charge is 0.231 e. The summed E-state index contributed by atoms with van der Waals surface area (Å²) in [6.07, 6.45) is 1.53. The quantitative estimate of drug-likeness (QED) is 0.843. The number of amides is 1. The van der Waals surface area contributed by atoms with Gasteiger partial charge in [0, 0.05) is 18.8 Å². The highest BCUT2D eigenvalue weighted by Crippen LogP contribution is 2.31. The van der Waals surface area contributed by atoms with Gasteiger partial charge >= 0.3 is 0 Å². The highest BCUT2D eigenvalue weighted by atomic mass is 16.2. The summed E-state index contributed by atoms with van der Waals surface area (Å²) >= 11 is 0. The van der Waals surface area contributed by atoms with E-state index in [1.165, 1.54) is 0 Å². The Kier molecular flexibility index (Phi) is 4.22. The second-order valence-corrected chi connectivity index (χ2v) is 5.27. The van der Waals surface area contributed by atoms with Gasteiger partial charge in [-0.25, -0.2) is 0 Å². The second-order valence-electron chi connectivity index (χ2n) is 5.27. The highest BCUT2D eigenvalue weighted by Gasteiger charge is 2.25. The summed E-state index contributed by atoms with van der Waals surface area (Å²) in [4.78, 5) is 13.4. The van der Waals surface area contributed by atoms with E-state index >= 15 is 0 Å². The van der Waals surface area contributed by atoms with E-state index in [4.69, 9.17) is 5.73 Å². The van der Waals surface area contributed by atoms with Gasteiger partial charge in [-0.3, -0.25) is 4.79 Å². The average Bonchev–Trinajstić information content (AvgIpc) is 2.70. The minimum Gasteiger partial charge on any atom is -0.324 e. The summed E-state index contributed by atoms with van der Waals surface area (Å²) in [6.45, 7) is 3.07. The maximum absolute atomic E-state index is 11.7. The van der Waals surface area contributed by atoms with Crippen molar-refractivity contribution >= 4 is 11.6 Å². The summed E-state index contributed by atoms with van der Waals surface area (Å²) in [5.41, 5.74) is 9.60. The van der Waals surface area contributed by atoms with Crippen LogP contribution in [0.2, 0.25) is 0 Å². The van der Waals surface area contributed by atoms with Gasteiger partial charge in [0.05, 0.1) is 6.42 Å². The molecular formula is C15H23N3O. The molecule has 0 saturated heterocycles. The maximum atomic E-state index is 11.7. The van der Waals surface area contributed by atoms with Crippen molar-refractivity contribution in [1.82, 2.24) is 5.32 Å². The zero-order valence-electron chi connectivity index (χ0n) is 11.9. The lowest BCUT2D eigenvalue weighted by Crippen LogP contribution is -2.29. The van der Waals surface area contributed by atoms with Crippen molar-refractivity contribution in [3.63, 3.8) is 0 Å². The summed E-state index contributed by atoms with van der Waals surface area (Å²) in [6, 6.07) is 6.18. The van der Waals surface area contributed by atoms with Gasteiger partial charge in [-0.2, -0.15) is 0 Å². The number of anilines is 1. The third-order valence-electron chi connectivity index (χ3n) is 4.06. The Morgan fingerprint density at radius 1 is 1.47 bits per heavy atom. The fourth-order valence-electron chi connectivity index (χ4n) is 2.76. The first kappa shape index (κ1) is 14.0. The lowest BCUT2D eigenvalue weighted by Gasteiger charge is -2.23. The summed E-state index contributed by atoms with van der Waals surface area (Å²) in [5, 5.41) is 3.19. The number of nitrogens with two attached hydrogens (primary N) is 1. The summed E-state index contributed by atoms with van der Waals surface area (Å²) in [7, 11) is 3.77. The first-order valence-electron chi connectivity index (χ1n) is 6.88. The highest BCUT2D eigenvalue weighted by molar-refractivity contribution is 6.00. The lowest BCUT2D eigenvalue weighted by molar-refractivity contribution is -0.117. The standard InChI is InChI=1S/C15H23N3O/c1-4-10(9-17-2)15(16)11-5-6-13-12(7-11)8-14(19)18(13)3/h5-7,10,15,17H,4,8-9,16H2,1-3H3. The molecule has 0 bridgehead atoms. The zero-order chi connectivity index (χ0) is 14.0. The monoisotopic (exact) mass is 261 g/mol. The molecule has 1 amide bonds. The van der Waals surface area contributed by atoms with Crippen LogP contribution >= 0.6 is 0 Å². The molecule has 0 aromatic heterocycles. The molecule has 1 heterocycles. The first-order valence-corrected chi connectivity index (χ1v) is 6.88. The largest absolute Gasteiger partial charge is 0.324 e. The molecule has 0 aliphatic carbocycles. The van der Waals surface area contributed by atoms with Gasteiger partial charge in [0.15, 0.2) is 0 Å². The first-order chi connectivity index (χ1) is 9.08. The third kappa shape index (κ3) is 2.65. The van der Waals surface area contributed by atoms with Crippen molar-refractivity contribution in [1.29, 1.82) is 0 Å². The van der Waals surface area contributed by atoms with E-state index in [0.717, 1.165) is 29.8 Å². The molecule has 0 spiro atoms. The predicted molar refractivity (Wildman–Crippen MR) is 78.2 cm³/mol. The van der Waals surface area contributed by atoms with Gasteiger partial charge in [-0.1, -0.05) is 25.5 Å². The average molecular weight is 261 g/mol. The van der Waals surface area contributed by atoms with Crippen LogP contribution in [0.15, 0.2) is 18.2 Å². The second kappa shape index (κ2) is 5.72. The predicted octanol–water partition coefficient (Wildman–Crippen LogP) is 1.45. The molecule has 2 atom stereocenters. The lowest BCUT2D eigenvalue weighted by atomic mass is 9.90. The Hall–Kier alpha value is -1.39. The topological polar surface area (TPSA) is 58.4 Å². The fourth-order valence-corrected chi connectivity index (χ4v) is 2.76. The molecule has 4 nitrogen and oxygen atoms in total. The summed E-state index contributed by atoms with van der Waals surface area (Å²) < 4.78 is 0. The molecule has 1 aromatic carbocycles. The Labute approximate surface area is 115 Å². The molecule has 0 fully saturated rings. The van der Waals surface area contributed by atoms with Gasteiger partial charge in [0.2, 0.25) is 5.91 Å². The van der Waals surface area contributed by atoms with Crippen molar-refractivity contribution in [3.05, 3.63) is 29.3 Å². The van der Waals surface area contributed by atoms with Crippen LogP contribution in [0.25, 0.3) is 0 Å². The molecular weight excluding hydrogens is 238 g/mol. The van der Waals surface area contributed by atoms with Crippen molar-refractivity contribution < 1.29 is 4.79 Å². The van der Waals surface area contributed by atoms with E-state index in [2.05, 4.69) is 24.4 Å². The minimum absolute atomic E-state index is 0.0174. The number of benzene rings is 1. The SMILES string of the molecule is CCC(CNC)C(N)c1ccc2c(c1)CC(=O)N2C. The Morgan fingerprint density at radius 3 is 2.84 bits per heavy atom. The number of carbonyl (C=O) groups is 1. The van der Waals surface area contributed by atoms with Crippen LogP contribution in [-0.4, -0.2) is 26.5 Å². The maximum Gasteiger partial charge on any atom is 0.231 e. The molecule has 3 N–H and O–H groups in total. The third-order valence-corrected chi connectivity index (χ3v) is 4.06. The van der Waals surface area contributed by atoms with Crippen LogP contribution in [-0.2, 0) is 11.2 Å². The van der Waals surface area contributed by atoms with Crippen LogP contribution in [0.3, 0.4) is 0 Å². The number of fused-ring (bicyclic) bond motifs is 1. The molecule has 104 valence electrons. The Bertz CT molecular complexity index is 472. The zero-order valence-corrected chi connectivity index (χ0v) is 11.9. The molecule has 19 heavy (non-hydrogen) atoms. The van der Waals surface area contributed by atoms with E-state index < -0.39 is 0 Å². The molecule has 0 radical (unpaired) electrons. The van der Waals surface area contributed by atoms with E-state index in [0.29, 0.717) is 12.3 Å². The Morgan fingerprint density at radius 2 is 2.21 bits per heavy atom. The van der Waals surface area contributed by atoms with Crippen molar-refractivity contribution in [3.8, 4) is 0 Å². The van der Waals surface area contributed by atoms with Gasteiger partial charge in [0.25, 0.3) is 0 Å². The van der Waals surface area contributed by atoms with E-state index in [1.807, 2.05) is 20.2 Å². The van der Waals surface area contributed by atoms with Crippen molar-refractivity contribution in [2.24, 2.45) is 11.7 Å². The van der Waals surface area contributed by atoms with E-state index in [1.54, 1.807) is 4.90 Å². The van der Waals surface area contributed by atoms with E-state index in [9.17, 15) is 4.79 Å². The van der Waals surface area contributed by atoms with Crippen molar-refractivity contribution in [2.75, 3.05) is 25.5 Å². The number of hydrogen-bond donors (Lipinski definition) is 2. The van der Waals surface area contributed by atoms with Gasteiger partial charge < -0.3 is 16.0 Å². The number of nitrogens with zero attached hydrogens (tertiary/aromatic N) is 1.